The lowest BCUT2D eigenvalue weighted by Gasteiger charge is -2.79. The summed E-state index contributed by atoms with van der Waals surface area (Å²) in [5.41, 5.74) is 0.313. The van der Waals surface area contributed by atoms with Crippen LogP contribution in [0.25, 0.3) is 0 Å². The molecule has 26 heavy (non-hydrogen) atoms. The van der Waals surface area contributed by atoms with Gasteiger partial charge in [-0.3, -0.25) is 4.79 Å². The maximum Gasteiger partial charge on any atom is 0.145 e. The van der Waals surface area contributed by atoms with Crippen molar-refractivity contribution < 1.29 is 14.3 Å². The normalized spacial score (nSPS) is 65.2. The van der Waals surface area contributed by atoms with Crippen molar-refractivity contribution in [1.82, 2.24) is 4.90 Å². The molecular weight excluding hydrogens is 326 g/mol. The molecule has 0 amide bonds. The van der Waals surface area contributed by atoms with E-state index < -0.39 is 0 Å². The van der Waals surface area contributed by atoms with Crippen LogP contribution in [0.4, 0.5) is 0 Å². The van der Waals surface area contributed by atoms with Crippen molar-refractivity contribution in [3.8, 4) is 0 Å². The highest BCUT2D eigenvalue weighted by molar-refractivity contribution is 5.90. The highest BCUT2D eigenvalue weighted by atomic mass is 16.6. The van der Waals surface area contributed by atoms with E-state index in [1.54, 1.807) is 0 Å². The van der Waals surface area contributed by atoms with Gasteiger partial charge in [0.15, 0.2) is 0 Å². The number of hydrogen-bond donors (Lipinski definition) is 0. The Morgan fingerprint density at radius 2 is 2.00 bits per heavy atom. The highest BCUT2D eigenvalue weighted by Gasteiger charge is 2.81. The Hall–Kier alpha value is -0.450. The van der Waals surface area contributed by atoms with Crippen LogP contribution in [-0.4, -0.2) is 42.4 Å². The Morgan fingerprint density at radius 1 is 1.12 bits per heavy atom. The lowest BCUT2D eigenvalue weighted by Crippen LogP contribution is -2.83. The van der Waals surface area contributed by atoms with Crippen LogP contribution in [0.5, 0.6) is 0 Å². The summed E-state index contributed by atoms with van der Waals surface area (Å²) < 4.78 is 13.2. The minimum absolute atomic E-state index is 0.146. The molecule has 4 heterocycles. The largest absolute Gasteiger partial charge is 0.361 e. The quantitative estimate of drug-likeness (QED) is 0.667. The van der Waals surface area contributed by atoms with Gasteiger partial charge in [-0.05, 0) is 56.3 Å². The number of piperidine rings is 1. The summed E-state index contributed by atoms with van der Waals surface area (Å²) in [7, 11) is 0. The van der Waals surface area contributed by atoms with Gasteiger partial charge in [0, 0.05) is 23.3 Å². The number of rotatable bonds is 0. The van der Waals surface area contributed by atoms with Crippen LogP contribution in [0.2, 0.25) is 0 Å². The van der Waals surface area contributed by atoms with E-state index in [1.807, 2.05) is 0 Å². The summed E-state index contributed by atoms with van der Waals surface area (Å²) in [6.45, 7) is 6.58. The molecular formula is C22H31NO3. The zero-order valence-electron chi connectivity index (χ0n) is 16.1. The number of ether oxygens (including phenoxy) is 2. The number of Topliss-reactive ketones (excluding diaryl/α,β-unsaturated/α-hetero) is 1. The van der Waals surface area contributed by atoms with Crippen molar-refractivity contribution in [1.29, 1.82) is 0 Å². The minimum Gasteiger partial charge on any atom is -0.361 e. The van der Waals surface area contributed by atoms with E-state index in [9.17, 15) is 4.79 Å². The first-order valence-corrected chi connectivity index (χ1v) is 11.1. The summed E-state index contributed by atoms with van der Waals surface area (Å²) in [6, 6.07) is 0. The molecule has 0 radical (unpaired) electrons. The van der Waals surface area contributed by atoms with Gasteiger partial charge in [-0.2, -0.15) is 0 Å². The van der Waals surface area contributed by atoms with E-state index in [0.717, 1.165) is 26.0 Å². The predicted molar refractivity (Wildman–Crippen MR) is 95.0 cm³/mol. The number of hydrogen-bond acceptors (Lipinski definition) is 4. The Balaban J connectivity index is 1.45. The minimum atomic E-state index is -0.146. The van der Waals surface area contributed by atoms with Gasteiger partial charge in [0.25, 0.3) is 0 Å². The maximum absolute atomic E-state index is 13.6. The molecule has 7 bridgehead atoms. The summed E-state index contributed by atoms with van der Waals surface area (Å²) in [5, 5.41) is 0. The van der Waals surface area contributed by atoms with Gasteiger partial charge in [0.05, 0.1) is 18.1 Å². The van der Waals surface area contributed by atoms with E-state index in [1.165, 1.54) is 32.1 Å². The molecule has 10 atom stereocenters. The third-order valence-electron chi connectivity index (χ3n) is 10.7. The molecule has 0 aromatic carbocycles. The van der Waals surface area contributed by atoms with Crippen LogP contribution in [0, 0.1) is 39.9 Å². The van der Waals surface area contributed by atoms with Crippen LogP contribution >= 0.6 is 0 Å². The number of fused-ring (bicyclic) bond motifs is 4. The van der Waals surface area contributed by atoms with Crippen molar-refractivity contribution in [3.05, 3.63) is 0 Å². The Labute approximate surface area is 156 Å². The fourth-order valence-electron chi connectivity index (χ4n) is 9.83. The van der Waals surface area contributed by atoms with Crippen molar-refractivity contribution >= 4 is 5.78 Å². The molecule has 4 aliphatic heterocycles. The molecule has 5 saturated carbocycles. The second-order valence-corrected chi connectivity index (χ2v) is 11.0. The third-order valence-corrected chi connectivity index (χ3v) is 10.7. The molecule has 9 fully saturated rings. The summed E-state index contributed by atoms with van der Waals surface area (Å²) >= 11 is 0. The topological polar surface area (TPSA) is 38.8 Å². The van der Waals surface area contributed by atoms with Crippen LogP contribution in [-0.2, 0) is 14.3 Å². The van der Waals surface area contributed by atoms with Crippen LogP contribution in [0.1, 0.15) is 58.8 Å². The number of carbonyl (C=O) groups excluding carboxylic acids is 1. The lowest BCUT2D eigenvalue weighted by atomic mass is 9.32. The first kappa shape index (κ1) is 15.5. The third kappa shape index (κ3) is 1.31. The van der Waals surface area contributed by atoms with Gasteiger partial charge in [-0.1, -0.05) is 20.3 Å². The fourth-order valence-corrected chi connectivity index (χ4v) is 9.83. The van der Waals surface area contributed by atoms with Crippen molar-refractivity contribution in [3.63, 3.8) is 0 Å². The number of carbonyl (C=O) groups is 1. The average molecular weight is 357 g/mol. The van der Waals surface area contributed by atoms with Crippen LogP contribution in [0.3, 0.4) is 0 Å². The van der Waals surface area contributed by atoms with Gasteiger partial charge in [-0.15, -0.1) is 0 Å². The monoisotopic (exact) mass is 357 g/mol. The first-order valence-electron chi connectivity index (χ1n) is 11.1. The zero-order chi connectivity index (χ0) is 17.5. The molecule has 4 heteroatoms. The molecule has 2 spiro atoms. The van der Waals surface area contributed by atoms with Crippen molar-refractivity contribution in [2.75, 3.05) is 13.2 Å². The van der Waals surface area contributed by atoms with Gasteiger partial charge in [0.1, 0.15) is 18.2 Å². The van der Waals surface area contributed by atoms with Crippen LogP contribution in [0.15, 0.2) is 0 Å². The van der Waals surface area contributed by atoms with Crippen molar-refractivity contribution in [2.24, 2.45) is 39.9 Å². The van der Waals surface area contributed by atoms with E-state index >= 15 is 0 Å². The Kier molecular flexibility index (Phi) is 2.63. The van der Waals surface area contributed by atoms with Crippen molar-refractivity contribution in [2.45, 2.75) is 77.4 Å². The molecule has 0 N–H and O–H groups in total. The maximum atomic E-state index is 13.6. The summed E-state index contributed by atoms with van der Waals surface area (Å²) in [4.78, 5) is 16.2. The van der Waals surface area contributed by atoms with E-state index in [0.29, 0.717) is 23.5 Å². The molecule has 0 aromatic heterocycles. The molecule has 0 aromatic rings. The standard InChI is InChI=1S/C22H31NO3/c1-12-13-4-7-22(17(12)24)15(10-13)21-6-3-5-20(2)14(21)11-16(22)26-19(21)23-8-9-25-18(20)23/h12-16,18-19H,3-11H2,1-2H3/t12-,13-,14+,15+,16+,18+,19+,20+,21-,22+/m0/s1. The van der Waals surface area contributed by atoms with E-state index in [-0.39, 0.29) is 40.7 Å². The van der Waals surface area contributed by atoms with Gasteiger partial charge in [-0.25, -0.2) is 4.90 Å². The SMILES string of the molecule is C[C@@H]1C(=O)[C@]23CC[C@H]1C[C@@H]2[C@]12CCC[C@]4(C)[C@H]1C[C@H]3O[C@H]2N1CCO[C@@H]14. The Morgan fingerprint density at radius 3 is 2.88 bits per heavy atom. The Bertz CT molecular complexity index is 710. The molecule has 5 aliphatic carbocycles. The zero-order valence-corrected chi connectivity index (χ0v) is 16.1. The second kappa shape index (κ2) is 4.41. The van der Waals surface area contributed by atoms with Gasteiger partial charge >= 0.3 is 0 Å². The van der Waals surface area contributed by atoms with Crippen LogP contribution < -0.4 is 0 Å². The molecule has 9 rings (SSSR count). The highest BCUT2D eigenvalue weighted by Crippen LogP contribution is 2.78. The van der Waals surface area contributed by atoms with Gasteiger partial charge < -0.3 is 9.47 Å². The molecule has 9 aliphatic rings. The smallest absolute Gasteiger partial charge is 0.145 e. The molecule has 0 unspecified atom stereocenters. The van der Waals surface area contributed by atoms with Gasteiger partial charge in [0.2, 0.25) is 0 Å². The number of ketones is 1. The summed E-state index contributed by atoms with van der Waals surface area (Å²) in [5.74, 6) is 2.72. The first-order chi connectivity index (χ1) is 12.5. The lowest BCUT2D eigenvalue weighted by molar-refractivity contribution is -0.407. The molecule has 4 nitrogen and oxygen atoms in total. The summed E-state index contributed by atoms with van der Waals surface area (Å²) in [6.07, 6.45) is 9.22. The average Bonchev–Trinajstić information content (AvgIpc) is 3.14. The fraction of sp³-hybridized carbons (Fsp3) is 0.955. The number of nitrogens with zero attached hydrogens (tertiary/aromatic N) is 1. The molecule has 4 saturated heterocycles. The van der Waals surface area contributed by atoms with E-state index in [4.69, 9.17) is 9.47 Å². The predicted octanol–water partition coefficient (Wildman–Crippen LogP) is 3.20. The van der Waals surface area contributed by atoms with E-state index in [2.05, 4.69) is 18.7 Å². The molecule has 142 valence electrons. The second-order valence-electron chi connectivity index (χ2n) is 11.0.